The van der Waals surface area contributed by atoms with Crippen LogP contribution in [0.2, 0.25) is 10.0 Å². The van der Waals surface area contributed by atoms with Gasteiger partial charge < -0.3 is 9.47 Å². The molecule has 0 unspecified atom stereocenters. The number of carbonyl (C=O) groups is 2. The average Bonchev–Trinajstić information content (AvgIpc) is 2.64. The standard InChI is InChI=1S/C20H12Cl2O4/c21-15-5-1-13(2-6-15)19(23)25-17-9-11-18(12-10-17)26-20(24)14-3-7-16(22)8-4-14/h1-12H. The fourth-order valence-electron chi connectivity index (χ4n) is 2.08. The van der Waals surface area contributed by atoms with Crippen molar-refractivity contribution >= 4 is 35.1 Å². The molecule has 0 aromatic heterocycles. The molecule has 0 amide bonds. The van der Waals surface area contributed by atoms with Crippen molar-refractivity contribution < 1.29 is 19.1 Å². The Kier molecular flexibility index (Phi) is 5.56. The van der Waals surface area contributed by atoms with Crippen LogP contribution in [0, 0.1) is 0 Å². The van der Waals surface area contributed by atoms with E-state index in [-0.39, 0.29) is 0 Å². The van der Waals surface area contributed by atoms with E-state index in [1.54, 1.807) is 48.5 Å². The molecule has 0 heterocycles. The monoisotopic (exact) mass is 386 g/mol. The van der Waals surface area contributed by atoms with E-state index in [1.807, 2.05) is 0 Å². The topological polar surface area (TPSA) is 52.6 Å². The summed E-state index contributed by atoms with van der Waals surface area (Å²) in [7, 11) is 0. The van der Waals surface area contributed by atoms with Gasteiger partial charge in [0.05, 0.1) is 11.1 Å². The molecule has 4 nitrogen and oxygen atoms in total. The molecule has 0 fully saturated rings. The zero-order valence-electron chi connectivity index (χ0n) is 13.3. The lowest BCUT2D eigenvalue weighted by molar-refractivity contribution is 0.0719. The van der Waals surface area contributed by atoms with Gasteiger partial charge in [0.1, 0.15) is 11.5 Å². The molecule has 0 atom stereocenters. The summed E-state index contributed by atoms with van der Waals surface area (Å²) in [4.78, 5) is 24.1. The second-order valence-corrected chi connectivity index (χ2v) is 6.14. The summed E-state index contributed by atoms with van der Waals surface area (Å²) in [6, 6.07) is 18.9. The normalized spacial score (nSPS) is 10.2. The summed E-state index contributed by atoms with van der Waals surface area (Å²) >= 11 is 11.6. The maximum atomic E-state index is 12.0. The Morgan fingerprint density at radius 1 is 0.538 bits per heavy atom. The zero-order valence-corrected chi connectivity index (χ0v) is 14.8. The van der Waals surface area contributed by atoms with E-state index in [0.29, 0.717) is 32.7 Å². The van der Waals surface area contributed by atoms with Crippen LogP contribution in [0.15, 0.2) is 72.8 Å². The number of benzene rings is 3. The van der Waals surface area contributed by atoms with Crippen LogP contribution >= 0.6 is 23.2 Å². The minimum atomic E-state index is -0.507. The molecule has 0 bridgehead atoms. The predicted octanol–water partition coefficient (Wildman–Crippen LogP) is 5.43. The number of hydrogen-bond acceptors (Lipinski definition) is 4. The van der Waals surface area contributed by atoms with Crippen LogP contribution in [0.5, 0.6) is 11.5 Å². The van der Waals surface area contributed by atoms with Gasteiger partial charge in [-0.1, -0.05) is 23.2 Å². The van der Waals surface area contributed by atoms with Crippen LogP contribution in [0.3, 0.4) is 0 Å². The van der Waals surface area contributed by atoms with Gasteiger partial charge in [-0.15, -0.1) is 0 Å². The summed E-state index contributed by atoms with van der Waals surface area (Å²) in [6.07, 6.45) is 0. The van der Waals surface area contributed by atoms with Gasteiger partial charge in [0.15, 0.2) is 0 Å². The van der Waals surface area contributed by atoms with E-state index in [0.717, 1.165) is 0 Å². The molecule has 0 spiro atoms. The first kappa shape index (κ1) is 18.0. The lowest BCUT2D eigenvalue weighted by atomic mass is 10.2. The van der Waals surface area contributed by atoms with E-state index in [1.165, 1.54) is 24.3 Å². The van der Waals surface area contributed by atoms with Gasteiger partial charge in [-0.05, 0) is 72.8 Å². The molecule has 0 aliphatic rings. The third kappa shape index (κ3) is 4.63. The smallest absolute Gasteiger partial charge is 0.343 e. The van der Waals surface area contributed by atoms with Crippen molar-refractivity contribution in [2.24, 2.45) is 0 Å². The van der Waals surface area contributed by atoms with Gasteiger partial charge in [-0.3, -0.25) is 0 Å². The number of carbonyl (C=O) groups excluding carboxylic acids is 2. The molecule has 130 valence electrons. The van der Waals surface area contributed by atoms with Crippen LogP contribution in [-0.2, 0) is 0 Å². The van der Waals surface area contributed by atoms with Crippen molar-refractivity contribution in [2.45, 2.75) is 0 Å². The highest BCUT2D eigenvalue weighted by atomic mass is 35.5. The SMILES string of the molecule is O=C(Oc1ccc(OC(=O)c2ccc(Cl)cc2)cc1)c1ccc(Cl)cc1. The van der Waals surface area contributed by atoms with Crippen molar-refractivity contribution in [3.63, 3.8) is 0 Å². The Bertz CT molecular complexity index is 839. The summed E-state index contributed by atoms with van der Waals surface area (Å²) in [5, 5.41) is 1.07. The number of ether oxygens (including phenoxy) is 2. The van der Waals surface area contributed by atoms with Crippen LogP contribution < -0.4 is 9.47 Å². The Morgan fingerprint density at radius 2 is 0.846 bits per heavy atom. The first-order valence-corrected chi connectivity index (χ1v) is 8.32. The maximum Gasteiger partial charge on any atom is 0.343 e. The molecule has 0 saturated carbocycles. The Labute approximate surface area is 159 Å². The van der Waals surface area contributed by atoms with Crippen LogP contribution in [0.25, 0.3) is 0 Å². The molecule has 3 rings (SSSR count). The molecule has 3 aromatic rings. The molecule has 0 aliphatic carbocycles. The van der Waals surface area contributed by atoms with Crippen LogP contribution in [0.4, 0.5) is 0 Å². The first-order valence-electron chi connectivity index (χ1n) is 7.57. The molecule has 0 aliphatic heterocycles. The van der Waals surface area contributed by atoms with E-state index in [4.69, 9.17) is 32.7 Å². The minimum Gasteiger partial charge on any atom is -0.423 e. The molecule has 0 radical (unpaired) electrons. The largest absolute Gasteiger partial charge is 0.423 e. The summed E-state index contributed by atoms with van der Waals surface area (Å²) in [6.45, 7) is 0. The number of esters is 2. The van der Waals surface area contributed by atoms with Crippen molar-refractivity contribution in [2.75, 3.05) is 0 Å². The highest BCUT2D eigenvalue weighted by molar-refractivity contribution is 6.31. The van der Waals surface area contributed by atoms with Gasteiger partial charge in [0.25, 0.3) is 0 Å². The molecule has 26 heavy (non-hydrogen) atoms. The van der Waals surface area contributed by atoms with Crippen LogP contribution in [-0.4, -0.2) is 11.9 Å². The number of hydrogen-bond donors (Lipinski definition) is 0. The number of halogens is 2. The van der Waals surface area contributed by atoms with Gasteiger partial charge in [0, 0.05) is 10.0 Å². The molecule has 0 N–H and O–H groups in total. The van der Waals surface area contributed by atoms with E-state index in [2.05, 4.69) is 0 Å². The van der Waals surface area contributed by atoms with Crippen molar-refractivity contribution in [3.8, 4) is 11.5 Å². The Morgan fingerprint density at radius 3 is 1.15 bits per heavy atom. The van der Waals surface area contributed by atoms with Crippen LogP contribution in [0.1, 0.15) is 20.7 Å². The summed E-state index contributed by atoms with van der Waals surface area (Å²) < 4.78 is 10.5. The van der Waals surface area contributed by atoms with E-state index in [9.17, 15) is 9.59 Å². The summed E-state index contributed by atoms with van der Waals surface area (Å²) in [5.41, 5.74) is 0.764. The zero-order chi connectivity index (χ0) is 18.5. The third-order valence-corrected chi connectivity index (χ3v) is 3.91. The van der Waals surface area contributed by atoms with Gasteiger partial charge in [-0.25, -0.2) is 9.59 Å². The fraction of sp³-hybridized carbons (Fsp3) is 0. The van der Waals surface area contributed by atoms with Crippen molar-refractivity contribution in [3.05, 3.63) is 94.0 Å². The first-order chi connectivity index (χ1) is 12.5. The second-order valence-electron chi connectivity index (χ2n) is 5.26. The van der Waals surface area contributed by atoms with E-state index >= 15 is 0 Å². The van der Waals surface area contributed by atoms with Gasteiger partial charge in [-0.2, -0.15) is 0 Å². The van der Waals surface area contributed by atoms with E-state index < -0.39 is 11.9 Å². The molecule has 0 saturated heterocycles. The summed E-state index contributed by atoms with van der Waals surface area (Å²) in [5.74, 6) is -0.354. The predicted molar refractivity (Wildman–Crippen MR) is 99.3 cm³/mol. The lowest BCUT2D eigenvalue weighted by Gasteiger charge is -2.07. The third-order valence-electron chi connectivity index (χ3n) is 3.40. The number of rotatable bonds is 4. The van der Waals surface area contributed by atoms with Crippen molar-refractivity contribution in [1.29, 1.82) is 0 Å². The quantitative estimate of drug-likeness (QED) is 0.442. The molecule has 3 aromatic carbocycles. The second kappa shape index (κ2) is 8.04. The molecule has 6 heteroatoms. The Hall–Kier alpha value is -2.82. The maximum absolute atomic E-state index is 12.0. The minimum absolute atomic E-state index is 0.330. The molecular formula is C20H12Cl2O4. The highest BCUT2D eigenvalue weighted by Crippen LogP contribution is 2.20. The Balaban J connectivity index is 1.62. The fourth-order valence-corrected chi connectivity index (χ4v) is 2.33. The highest BCUT2D eigenvalue weighted by Gasteiger charge is 2.11. The van der Waals surface area contributed by atoms with Gasteiger partial charge in [0.2, 0.25) is 0 Å². The van der Waals surface area contributed by atoms with Gasteiger partial charge >= 0.3 is 11.9 Å². The average molecular weight is 387 g/mol. The lowest BCUT2D eigenvalue weighted by Crippen LogP contribution is -2.09. The van der Waals surface area contributed by atoms with Crippen molar-refractivity contribution in [1.82, 2.24) is 0 Å². The molecular weight excluding hydrogens is 375 g/mol.